The summed E-state index contributed by atoms with van der Waals surface area (Å²) in [6.45, 7) is 0.402. The van der Waals surface area contributed by atoms with Gasteiger partial charge in [0, 0.05) is 5.69 Å². The lowest BCUT2D eigenvalue weighted by atomic mass is 10.2. The van der Waals surface area contributed by atoms with Crippen molar-refractivity contribution in [3.63, 3.8) is 0 Å². The molecule has 1 aromatic carbocycles. The molecule has 16 heavy (non-hydrogen) atoms. The van der Waals surface area contributed by atoms with Gasteiger partial charge < -0.3 is 15.3 Å². The summed E-state index contributed by atoms with van der Waals surface area (Å²) >= 11 is 0. The van der Waals surface area contributed by atoms with Crippen molar-refractivity contribution in [2.24, 2.45) is 0 Å². The van der Waals surface area contributed by atoms with Crippen LogP contribution in [-0.4, -0.2) is 16.5 Å². The molecule has 0 amide bonds. The van der Waals surface area contributed by atoms with Crippen LogP contribution in [0.3, 0.4) is 0 Å². The first-order valence-corrected chi connectivity index (χ1v) is 4.64. The Balaban J connectivity index is 2.54. The second kappa shape index (κ2) is 3.95. The number of fused-ring (bicyclic) bond motifs is 1. The summed E-state index contributed by atoms with van der Waals surface area (Å²) in [5.41, 5.74) is 0.606. The van der Waals surface area contributed by atoms with Crippen LogP contribution >= 0.6 is 0 Å². The third kappa shape index (κ3) is 1.81. The van der Waals surface area contributed by atoms with E-state index in [1.807, 2.05) is 0 Å². The second-order valence-corrected chi connectivity index (χ2v) is 3.23. The Hall–Kier alpha value is -2.48. The van der Waals surface area contributed by atoms with Gasteiger partial charge in [-0.15, -0.1) is 6.42 Å². The van der Waals surface area contributed by atoms with Crippen LogP contribution in [-0.2, 0) is 0 Å². The van der Waals surface area contributed by atoms with Gasteiger partial charge in [-0.05, 0) is 18.2 Å². The molecule has 3 N–H and O–H groups in total. The van der Waals surface area contributed by atoms with E-state index < -0.39 is 11.1 Å². The highest BCUT2D eigenvalue weighted by Gasteiger charge is 1.99. The molecule has 1 aromatic heterocycles. The lowest BCUT2D eigenvalue weighted by Gasteiger charge is -2.03. The Morgan fingerprint density at radius 3 is 2.56 bits per heavy atom. The smallest absolute Gasteiger partial charge is 0.314 e. The highest BCUT2D eigenvalue weighted by atomic mass is 16.2. The van der Waals surface area contributed by atoms with Crippen LogP contribution in [0.1, 0.15) is 0 Å². The SMILES string of the molecule is C#CCNc1ccc2[nH]c(=O)c(=O)[nH]c2c1. The first-order chi connectivity index (χ1) is 7.70. The Morgan fingerprint density at radius 2 is 1.88 bits per heavy atom. The van der Waals surface area contributed by atoms with Gasteiger partial charge in [0.05, 0.1) is 17.6 Å². The van der Waals surface area contributed by atoms with Gasteiger partial charge in [0.2, 0.25) is 0 Å². The lowest BCUT2D eigenvalue weighted by Crippen LogP contribution is -2.28. The lowest BCUT2D eigenvalue weighted by molar-refractivity contribution is 1.15. The summed E-state index contributed by atoms with van der Waals surface area (Å²) in [5.74, 6) is 2.44. The molecule has 0 saturated heterocycles. The molecule has 0 atom stereocenters. The van der Waals surface area contributed by atoms with Crippen molar-refractivity contribution in [3.05, 3.63) is 38.9 Å². The third-order valence-corrected chi connectivity index (χ3v) is 2.12. The van der Waals surface area contributed by atoms with E-state index in [0.29, 0.717) is 17.6 Å². The van der Waals surface area contributed by atoms with Gasteiger partial charge in [-0.1, -0.05) is 5.92 Å². The monoisotopic (exact) mass is 215 g/mol. The number of terminal acetylenes is 1. The normalized spacial score (nSPS) is 9.94. The largest absolute Gasteiger partial charge is 0.374 e. The van der Waals surface area contributed by atoms with E-state index in [1.54, 1.807) is 18.2 Å². The molecule has 80 valence electrons. The molecule has 0 fully saturated rings. The molecule has 0 radical (unpaired) electrons. The number of H-pyrrole nitrogens is 2. The molecule has 2 rings (SSSR count). The molecule has 0 aliphatic heterocycles. The Morgan fingerprint density at radius 1 is 1.19 bits per heavy atom. The van der Waals surface area contributed by atoms with E-state index in [0.717, 1.165) is 5.69 Å². The van der Waals surface area contributed by atoms with Crippen LogP contribution in [0.15, 0.2) is 27.8 Å². The molecular weight excluding hydrogens is 206 g/mol. The molecule has 0 aliphatic carbocycles. The minimum Gasteiger partial charge on any atom is -0.374 e. The Kier molecular flexibility index (Phi) is 2.48. The van der Waals surface area contributed by atoms with Gasteiger partial charge in [0.25, 0.3) is 0 Å². The van der Waals surface area contributed by atoms with Crippen molar-refractivity contribution < 1.29 is 0 Å². The molecule has 5 heteroatoms. The zero-order valence-electron chi connectivity index (χ0n) is 8.33. The number of benzene rings is 1. The van der Waals surface area contributed by atoms with Crippen molar-refractivity contribution in [1.29, 1.82) is 0 Å². The maximum atomic E-state index is 11.1. The van der Waals surface area contributed by atoms with Gasteiger partial charge in [-0.3, -0.25) is 9.59 Å². The van der Waals surface area contributed by atoms with Crippen molar-refractivity contribution in [2.45, 2.75) is 0 Å². The Bertz CT molecular complexity index is 676. The van der Waals surface area contributed by atoms with Crippen LogP contribution in [0.2, 0.25) is 0 Å². The fourth-order valence-corrected chi connectivity index (χ4v) is 1.38. The molecule has 5 nitrogen and oxygen atoms in total. The minimum absolute atomic E-state index is 0.402. The molecule has 1 heterocycles. The predicted molar refractivity (Wildman–Crippen MR) is 62.5 cm³/mol. The van der Waals surface area contributed by atoms with Gasteiger partial charge in [-0.25, -0.2) is 0 Å². The fourth-order valence-electron chi connectivity index (χ4n) is 1.38. The number of aromatic nitrogens is 2. The molecule has 2 aromatic rings. The summed E-state index contributed by atoms with van der Waals surface area (Å²) < 4.78 is 0. The zero-order valence-corrected chi connectivity index (χ0v) is 8.33. The number of aromatic amines is 2. The summed E-state index contributed by atoms with van der Waals surface area (Å²) in [7, 11) is 0. The minimum atomic E-state index is -0.665. The molecular formula is C11H9N3O2. The number of hydrogen-bond donors (Lipinski definition) is 3. The predicted octanol–water partition coefficient (Wildman–Crippen LogP) is 0.261. The van der Waals surface area contributed by atoms with Gasteiger partial charge in [0.1, 0.15) is 0 Å². The fraction of sp³-hybridized carbons (Fsp3) is 0.0909. The van der Waals surface area contributed by atoms with E-state index in [4.69, 9.17) is 6.42 Å². The average molecular weight is 215 g/mol. The second-order valence-electron chi connectivity index (χ2n) is 3.23. The van der Waals surface area contributed by atoms with E-state index in [9.17, 15) is 9.59 Å². The summed E-state index contributed by atoms with van der Waals surface area (Å²) in [6, 6.07) is 5.18. The average Bonchev–Trinajstić information content (AvgIpc) is 2.28. The van der Waals surface area contributed by atoms with E-state index in [1.165, 1.54) is 0 Å². The molecule has 0 aliphatic rings. The van der Waals surface area contributed by atoms with Crippen LogP contribution in [0.25, 0.3) is 11.0 Å². The van der Waals surface area contributed by atoms with Crippen LogP contribution in [0, 0.1) is 12.3 Å². The van der Waals surface area contributed by atoms with Crippen molar-refractivity contribution >= 4 is 16.7 Å². The Labute approximate surface area is 90.5 Å². The van der Waals surface area contributed by atoms with Crippen LogP contribution < -0.4 is 16.4 Å². The van der Waals surface area contributed by atoms with Crippen molar-refractivity contribution in [1.82, 2.24) is 9.97 Å². The van der Waals surface area contributed by atoms with E-state index in [-0.39, 0.29) is 0 Å². The standard InChI is InChI=1S/C11H9N3O2/c1-2-5-12-7-3-4-8-9(6-7)14-11(16)10(15)13-8/h1,3-4,6,12H,5H2,(H,13,15)(H,14,16). The molecule has 0 bridgehead atoms. The summed E-state index contributed by atoms with van der Waals surface area (Å²) in [5, 5.41) is 2.97. The van der Waals surface area contributed by atoms with Crippen molar-refractivity contribution in [3.8, 4) is 12.3 Å². The number of nitrogens with one attached hydrogen (secondary N) is 3. The van der Waals surface area contributed by atoms with Gasteiger partial charge >= 0.3 is 11.1 Å². The first-order valence-electron chi connectivity index (χ1n) is 4.64. The van der Waals surface area contributed by atoms with E-state index >= 15 is 0 Å². The van der Waals surface area contributed by atoms with Crippen LogP contribution in [0.5, 0.6) is 0 Å². The molecule has 0 unspecified atom stereocenters. The van der Waals surface area contributed by atoms with Gasteiger partial charge in [0.15, 0.2) is 0 Å². The first kappa shape index (κ1) is 10.1. The molecule has 0 spiro atoms. The maximum absolute atomic E-state index is 11.1. The highest BCUT2D eigenvalue weighted by Crippen LogP contribution is 2.12. The number of hydrogen-bond acceptors (Lipinski definition) is 3. The quantitative estimate of drug-likeness (QED) is 0.496. The van der Waals surface area contributed by atoms with E-state index in [2.05, 4.69) is 21.2 Å². The summed E-state index contributed by atoms with van der Waals surface area (Å²) in [4.78, 5) is 27.1. The van der Waals surface area contributed by atoms with Gasteiger partial charge in [-0.2, -0.15) is 0 Å². The highest BCUT2D eigenvalue weighted by molar-refractivity contribution is 5.78. The number of anilines is 1. The summed E-state index contributed by atoms with van der Waals surface area (Å²) in [6.07, 6.45) is 5.12. The van der Waals surface area contributed by atoms with Crippen molar-refractivity contribution in [2.75, 3.05) is 11.9 Å². The zero-order chi connectivity index (χ0) is 11.5. The third-order valence-electron chi connectivity index (χ3n) is 2.12. The molecule has 0 saturated carbocycles. The number of rotatable bonds is 2. The maximum Gasteiger partial charge on any atom is 0.314 e. The topological polar surface area (TPSA) is 77.8 Å². The van der Waals surface area contributed by atoms with Crippen LogP contribution in [0.4, 0.5) is 5.69 Å².